The number of rotatable bonds is 1. The van der Waals surface area contributed by atoms with Gasteiger partial charge in [0.15, 0.2) is 0 Å². The minimum Gasteiger partial charge on any atom is -0.494 e. The van der Waals surface area contributed by atoms with Crippen LogP contribution in [0.5, 0.6) is 11.8 Å². The van der Waals surface area contributed by atoms with E-state index in [0.717, 1.165) is 23.1 Å². The van der Waals surface area contributed by atoms with E-state index in [1.165, 1.54) is 12.1 Å². The van der Waals surface area contributed by atoms with E-state index in [0.29, 0.717) is 23.0 Å². The molecule has 1 aromatic carbocycles. The normalized spacial score (nSPS) is 29.5. The topological polar surface area (TPSA) is 45.4 Å². The quantitative estimate of drug-likeness (QED) is 0.765. The van der Waals surface area contributed by atoms with E-state index in [-0.39, 0.29) is 29.3 Å². The molecular weight excluding hydrogens is 319 g/mol. The molecule has 6 heteroatoms. The van der Waals surface area contributed by atoms with Crippen LogP contribution >= 0.6 is 0 Å². The minimum atomic E-state index is -4.48. The lowest BCUT2D eigenvalue weighted by atomic mass is 9.73. The van der Waals surface area contributed by atoms with Gasteiger partial charge in [-0.05, 0) is 36.5 Å². The molecule has 0 aliphatic heterocycles. The number of hydrogen-bond acceptors (Lipinski definition) is 2. The molecule has 24 heavy (non-hydrogen) atoms. The Hall–Kier alpha value is -2.37. The highest BCUT2D eigenvalue weighted by atomic mass is 19.4. The summed E-state index contributed by atoms with van der Waals surface area (Å²) in [6.45, 7) is 0. The molecule has 0 radical (unpaired) electrons. The van der Waals surface area contributed by atoms with E-state index in [4.69, 9.17) is 0 Å². The van der Waals surface area contributed by atoms with Crippen LogP contribution in [0.3, 0.4) is 0 Å². The fourth-order valence-electron chi connectivity index (χ4n) is 4.51. The van der Waals surface area contributed by atoms with Crippen molar-refractivity contribution in [2.45, 2.75) is 24.4 Å². The molecule has 4 aliphatic carbocycles. The van der Waals surface area contributed by atoms with Crippen LogP contribution in [0.15, 0.2) is 36.4 Å². The van der Waals surface area contributed by atoms with E-state index in [1.54, 1.807) is 0 Å². The third-order valence-corrected chi connectivity index (χ3v) is 5.63. The second-order valence-electron chi connectivity index (χ2n) is 6.86. The van der Waals surface area contributed by atoms with Gasteiger partial charge in [-0.2, -0.15) is 13.2 Å². The van der Waals surface area contributed by atoms with Crippen LogP contribution < -0.4 is 0 Å². The van der Waals surface area contributed by atoms with Crippen molar-refractivity contribution in [2.75, 3.05) is 0 Å². The van der Waals surface area contributed by atoms with Crippen molar-refractivity contribution in [3.8, 4) is 17.4 Å². The van der Waals surface area contributed by atoms with Crippen LogP contribution in [0.2, 0.25) is 0 Å². The van der Waals surface area contributed by atoms with Crippen molar-refractivity contribution in [2.24, 2.45) is 11.8 Å². The SMILES string of the molecule is Oc1c2c(c(O)n1-c1cccc(C(F)(F)F)c1)[C@@H]1C=C[C@H]2[C@H]2C[C@H]21. The highest BCUT2D eigenvalue weighted by Crippen LogP contribution is 2.68. The lowest BCUT2D eigenvalue weighted by Crippen LogP contribution is -2.18. The molecule has 0 saturated heterocycles. The summed E-state index contributed by atoms with van der Waals surface area (Å²) in [5.74, 6) is 0.768. The first kappa shape index (κ1) is 14.0. The number of hydrogen-bond donors (Lipinski definition) is 2. The average molecular weight is 333 g/mol. The number of aromatic nitrogens is 1. The Balaban J connectivity index is 1.70. The van der Waals surface area contributed by atoms with E-state index in [2.05, 4.69) is 12.2 Å². The first-order valence-corrected chi connectivity index (χ1v) is 7.90. The second-order valence-corrected chi connectivity index (χ2v) is 6.86. The number of aromatic hydroxyl groups is 2. The van der Waals surface area contributed by atoms with Gasteiger partial charge < -0.3 is 10.2 Å². The maximum atomic E-state index is 13.0. The van der Waals surface area contributed by atoms with Crippen LogP contribution in [0.1, 0.15) is 34.9 Å². The molecule has 2 aromatic rings. The van der Waals surface area contributed by atoms with Gasteiger partial charge in [0.1, 0.15) is 0 Å². The number of benzene rings is 1. The van der Waals surface area contributed by atoms with Gasteiger partial charge in [0.25, 0.3) is 0 Å². The van der Waals surface area contributed by atoms with E-state index >= 15 is 0 Å². The zero-order chi connectivity index (χ0) is 16.8. The maximum absolute atomic E-state index is 13.0. The number of allylic oxidation sites excluding steroid dienone is 2. The van der Waals surface area contributed by atoms with Crippen molar-refractivity contribution >= 4 is 0 Å². The molecule has 1 fully saturated rings. The van der Waals surface area contributed by atoms with Gasteiger partial charge >= 0.3 is 6.18 Å². The summed E-state index contributed by atoms with van der Waals surface area (Å²) in [6, 6.07) is 4.65. The summed E-state index contributed by atoms with van der Waals surface area (Å²) >= 11 is 0. The zero-order valence-corrected chi connectivity index (χ0v) is 12.5. The second kappa shape index (κ2) is 4.18. The summed E-state index contributed by atoms with van der Waals surface area (Å²) in [7, 11) is 0. The molecule has 3 nitrogen and oxygen atoms in total. The van der Waals surface area contributed by atoms with Crippen molar-refractivity contribution in [1.29, 1.82) is 0 Å². The van der Waals surface area contributed by atoms with E-state index in [9.17, 15) is 23.4 Å². The van der Waals surface area contributed by atoms with Crippen molar-refractivity contribution in [1.82, 2.24) is 4.57 Å². The molecule has 0 amide bonds. The summed E-state index contributed by atoms with van der Waals surface area (Å²) in [4.78, 5) is 0. The third kappa shape index (κ3) is 1.63. The van der Waals surface area contributed by atoms with Crippen molar-refractivity contribution in [3.63, 3.8) is 0 Å². The van der Waals surface area contributed by atoms with Crippen LogP contribution in [0.25, 0.3) is 5.69 Å². The molecule has 2 bridgehead atoms. The molecule has 1 heterocycles. The lowest BCUT2D eigenvalue weighted by molar-refractivity contribution is -0.137. The molecule has 124 valence electrons. The Morgan fingerprint density at radius 3 is 2.08 bits per heavy atom. The van der Waals surface area contributed by atoms with Crippen LogP contribution in [0.4, 0.5) is 13.2 Å². The van der Waals surface area contributed by atoms with Crippen LogP contribution in [0, 0.1) is 11.8 Å². The van der Waals surface area contributed by atoms with Gasteiger partial charge in [-0.3, -0.25) is 4.57 Å². The van der Waals surface area contributed by atoms with Gasteiger partial charge in [0, 0.05) is 23.0 Å². The van der Waals surface area contributed by atoms with E-state index in [1.807, 2.05) is 0 Å². The third-order valence-electron chi connectivity index (χ3n) is 5.63. The lowest BCUT2D eigenvalue weighted by Gasteiger charge is -2.30. The van der Waals surface area contributed by atoms with Crippen molar-refractivity contribution < 1.29 is 23.4 Å². The molecule has 4 atom stereocenters. The predicted molar refractivity (Wildman–Crippen MR) is 80.3 cm³/mol. The molecular formula is C18H14F3NO2. The highest BCUT2D eigenvalue weighted by Gasteiger charge is 2.57. The van der Waals surface area contributed by atoms with Gasteiger partial charge in [-0.1, -0.05) is 18.2 Å². The standard InChI is InChI=1S/C18H14F3NO2/c19-18(20,21)8-2-1-3-9(6-8)22-16(23)14-10-4-5-11(13-7-12(10)13)15(14)17(22)24/h1-6,10-13,23-24H,7H2/t10-,11+,12+,13-. The molecule has 4 aliphatic rings. The number of nitrogens with zero attached hydrogens (tertiary/aromatic N) is 1. The Labute approximate surface area is 135 Å². The van der Waals surface area contributed by atoms with Crippen molar-refractivity contribution in [3.05, 3.63) is 53.1 Å². The van der Waals surface area contributed by atoms with E-state index < -0.39 is 11.7 Å². The van der Waals surface area contributed by atoms with Crippen LogP contribution in [-0.2, 0) is 6.18 Å². The Morgan fingerprint density at radius 2 is 1.54 bits per heavy atom. The van der Waals surface area contributed by atoms with Gasteiger partial charge in [-0.25, -0.2) is 0 Å². The molecule has 0 unspecified atom stereocenters. The van der Waals surface area contributed by atoms with Gasteiger partial charge in [0.2, 0.25) is 11.8 Å². The predicted octanol–water partition coefficient (Wildman–Crippen LogP) is 4.29. The monoisotopic (exact) mass is 333 g/mol. The Morgan fingerprint density at radius 1 is 0.958 bits per heavy atom. The Bertz CT molecular complexity index is 855. The highest BCUT2D eigenvalue weighted by molar-refractivity contribution is 5.62. The molecule has 0 spiro atoms. The van der Waals surface area contributed by atoms with Gasteiger partial charge in [-0.15, -0.1) is 0 Å². The largest absolute Gasteiger partial charge is 0.494 e. The minimum absolute atomic E-state index is 0.0490. The van der Waals surface area contributed by atoms with Crippen LogP contribution in [-0.4, -0.2) is 14.8 Å². The maximum Gasteiger partial charge on any atom is 0.416 e. The smallest absolute Gasteiger partial charge is 0.416 e. The molecule has 1 aromatic heterocycles. The number of halogens is 3. The summed E-state index contributed by atoms with van der Waals surface area (Å²) < 4.78 is 40.0. The summed E-state index contributed by atoms with van der Waals surface area (Å²) in [6.07, 6.45) is 0.698. The summed E-state index contributed by atoms with van der Waals surface area (Å²) in [5, 5.41) is 21.3. The number of alkyl halides is 3. The summed E-state index contributed by atoms with van der Waals surface area (Å²) in [5.41, 5.74) is 0.657. The Kier molecular flexibility index (Phi) is 2.44. The molecule has 1 saturated carbocycles. The average Bonchev–Trinajstić information content (AvgIpc) is 3.31. The molecule has 6 rings (SSSR count). The fraction of sp³-hybridized carbons (Fsp3) is 0.333. The molecule has 2 N–H and O–H groups in total. The first-order valence-electron chi connectivity index (χ1n) is 7.90. The zero-order valence-electron chi connectivity index (χ0n) is 12.5. The first-order chi connectivity index (χ1) is 11.4. The van der Waals surface area contributed by atoms with Gasteiger partial charge in [0.05, 0.1) is 11.3 Å². The fourth-order valence-corrected chi connectivity index (χ4v) is 4.51.